The number of carbonyl (C=O) groups excluding carboxylic acids is 1. The van der Waals surface area contributed by atoms with Gasteiger partial charge in [0, 0.05) is 24.3 Å². The lowest BCUT2D eigenvalue weighted by molar-refractivity contribution is 0.0953. The molecule has 0 radical (unpaired) electrons. The van der Waals surface area contributed by atoms with Crippen LogP contribution in [0.1, 0.15) is 29.3 Å². The monoisotopic (exact) mass is 429 g/mol. The van der Waals surface area contributed by atoms with Crippen LogP contribution in [0.2, 0.25) is 0 Å². The van der Waals surface area contributed by atoms with Crippen LogP contribution < -0.4 is 15.4 Å². The van der Waals surface area contributed by atoms with Crippen molar-refractivity contribution in [1.82, 2.24) is 10.6 Å². The van der Waals surface area contributed by atoms with E-state index in [0.717, 1.165) is 13.0 Å². The predicted octanol–water partition coefficient (Wildman–Crippen LogP) is 3.09. The number of halogens is 2. The van der Waals surface area contributed by atoms with Crippen molar-refractivity contribution in [3.63, 3.8) is 0 Å². The zero-order valence-corrected chi connectivity index (χ0v) is 17.4. The number of benzene rings is 2. The van der Waals surface area contributed by atoms with Gasteiger partial charge >= 0.3 is 0 Å². The van der Waals surface area contributed by atoms with Gasteiger partial charge in [0.25, 0.3) is 15.9 Å². The summed E-state index contributed by atoms with van der Waals surface area (Å²) in [6.45, 7) is 5.76. The van der Waals surface area contributed by atoms with Gasteiger partial charge in [-0.15, -0.1) is 12.4 Å². The summed E-state index contributed by atoms with van der Waals surface area (Å²) in [7, 11) is -3.90. The SMILES string of the molecule is CCCNCCNC(=O)c1cc(S(=O)(=O)Nc2ccc(F)cc2)ccc1C.Cl. The van der Waals surface area contributed by atoms with E-state index in [1.165, 1.54) is 36.4 Å². The van der Waals surface area contributed by atoms with Crippen LogP contribution in [0.25, 0.3) is 0 Å². The molecule has 0 atom stereocenters. The van der Waals surface area contributed by atoms with Gasteiger partial charge in [0.05, 0.1) is 4.90 Å². The van der Waals surface area contributed by atoms with E-state index in [2.05, 4.69) is 22.3 Å². The van der Waals surface area contributed by atoms with Crippen LogP contribution in [0.3, 0.4) is 0 Å². The fraction of sp³-hybridized carbons (Fsp3) is 0.316. The van der Waals surface area contributed by atoms with E-state index in [1.54, 1.807) is 13.0 Å². The standard InChI is InChI=1S/C19H24FN3O3S.ClH/c1-3-10-21-11-12-22-19(24)18-13-17(9-4-14(18)2)27(25,26)23-16-7-5-15(20)6-8-16;/h4-9,13,21,23H,3,10-12H2,1-2H3,(H,22,24);1H. The Morgan fingerprint density at radius 2 is 1.71 bits per heavy atom. The Hall–Kier alpha value is -2.16. The number of sulfonamides is 1. The molecule has 28 heavy (non-hydrogen) atoms. The number of amides is 1. The number of anilines is 1. The third kappa shape index (κ3) is 6.78. The minimum absolute atomic E-state index is 0. The molecule has 6 nitrogen and oxygen atoms in total. The van der Waals surface area contributed by atoms with E-state index in [4.69, 9.17) is 0 Å². The van der Waals surface area contributed by atoms with Gasteiger partial charge in [0.2, 0.25) is 0 Å². The summed E-state index contributed by atoms with van der Waals surface area (Å²) >= 11 is 0. The quantitative estimate of drug-likeness (QED) is 0.534. The topological polar surface area (TPSA) is 87.3 Å². The molecule has 0 aliphatic carbocycles. The van der Waals surface area contributed by atoms with Gasteiger partial charge in [-0.25, -0.2) is 12.8 Å². The lowest BCUT2D eigenvalue weighted by atomic mass is 10.1. The van der Waals surface area contributed by atoms with Crippen LogP contribution >= 0.6 is 12.4 Å². The smallest absolute Gasteiger partial charge is 0.261 e. The molecule has 9 heteroatoms. The number of aryl methyl sites for hydroxylation is 1. The van der Waals surface area contributed by atoms with Crippen molar-refractivity contribution >= 4 is 34.0 Å². The van der Waals surface area contributed by atoms with Crippen molar-refractivity contribution in [2.45, 2.75) is 25.2 Å². The van der Waals surface area contributed by atoms with Gasteiger partial charge in [0.1, 0.15) is 5.82 Å². The minimum atomic E-state index is -3.90. The molecule has 2 aromatic carbocycles. The van der Waals surface area contributed by atoms with E-state index in [1.807, 2.05) is 0 Å². The average molecular weight is 430 g/mol. The lowest BCUT2D eigenvalue weighted by Crippen LogP contribution is -2.32. The molecular formula is C19H25ClFN3O3S. The largest absolute Gasteiger partial charge is 0.351 e. The van der Waals surface area contributed by atoms with Crippen molar-refractivity contribution in [3.8, 4) is 0 Å². The Labute approximate surface area is 171 Å². The Kier molecular flexibility index (Phi) is 9.37. The number of nitrogens with one attached hydrogen (secondary N) is 3. The highest BCUT2D eigenvalue weighted by Gasteiger charge is 2.18. The molecular weight excluding hydrogens is 405 g/mol. The number of rotatable bonds is 9. The first-order chi connectivity index (χ1) is 12.8. The minimum Gasteiger partial charge on any atom is -0.351 e. The van der Waals surface area contributed by atoms with Gasteiger partial charge in [-0.2, -0.15) is 0 Å². The number of hydrogen-bond acceptors (Lipinski definition) is 4. The summed E-state index contributed by atoms with van der Waals surface area (Å²) < 4.78 is 40.5. The first-order valence-corrected chi connectivity index (χ1v) is 10.2. The van der Waals surface area contributed by atoms with Gasteiger partial charge in [-0.05, 0) is 61.9 Å². The van der Waals surface area contributed by atoms with Crippen molar-refractivity contribution < 1.29 is 17.6 Å². The van der Waals surface area contributed by atoms with E-state index in [-0.39, 0.29) is 28.9 Å². The van der Waals surface area contributed by atoms with Gasteiger partial charge < -0.3 is 10.6 Å². The van der Waals surface area contributed by atoms with Crippen molar-refractivity contribution in [2.24, 2.45) is 0 Å². The summed E-state index contributed by atoms with van der Waals surface area (Å²) in [5.41, 5.74) is 1.21. The van der Waals surface area contributed by atoms with Crippen LogP contribution in [-0.4, -0.2) is 34.0 Å². The Balaban J connectivity index is 0.00000392. The molecule has 0 spiro atoms. The molecule has 0 aromatic heterocycles. The summed E-state index contributed by atoms with van der Waals surface area (Å²) in [5.74, 6) is -0.787. The lowest BCUT2D eigenvalue weighted by Gasteiger charge is -2.12. The number of hydrogen-bond donors (Lipinski definition) is 3. The predicted molar refractivity (Wildman–Crippen MR) is 111 cm³/mol. The van der Waals surface area contributed by atoms with E-state index >= 15 is 0 Å². The van der Waals surface area contributed by atoms with Gasteiger partial charge in [-0.1, -0.05) is 13.0 Å². The van der Waals surface area contributed by atoms with E-state index in [9.17, 15) is 17.6 Å². The van der Waals surface area contributed by atoms with Crippen molar-refractivity contribution in [2.75, 3.05) is 24.4 Å². The number of carbonyl (C=O) groups is 1. The highest BCUT2D eigenvalue weighted by molar-refractivity contribution is 7.92. The maximum Gasteiger partial charge on any atom is 0.261 e. The summed E-state index contributed by atoms with van der Waals surface area (Å²) in [5, 5.41) is 5.95. The third-order valence-electron chi connectivity index (χ3n) is 3.87. The Morgan fingerprint density at radius 1 is 1.04 bits per heavy atom. The summed E-state index contributed by atoms with van der Waals surface area (Å²) in [6.07, 6.45) is 1.01. The fourth-order valence-corrected chi connectivity index (χ4v) is 3.49. The second kappa shape index (κ2) is 11.0. The molecule has 0 saturated carbocycles. The zero-order chi connectivity index (χ0) is 19.9. The molecule has 2 aromatic rings. The van der Waals surface area contributed by atoms with Crippen LogP contribution in [0.15, 0.2) is 47.4 Å². The summed E-state index contributed by atoms with van der Waals surface area (Å²) in [6, 6.07) is 9.35. The third-order valence-corrected chi connectivity index (χ3v) is 5.25. The molecule has 1 amide bonds. The Bertz CT molecular complexity index is 890. The van der Waals surface area contributed by atoms with Gasteiger partial charge in [0.15, 0.2) is 0 Å². The van der Waals surface area contributed by atoms with Crippen LogP contribution in [0.4, 0.5) is 10.1 Å². The summed E-state index contributed by atoms with van der Waals surface area (Å²) in [4.78, 5) is 12.3. The molecule has 0 unspecified atom stereocenters. The maximum atomic E-state index is 13.0. The highest BCUT2D eigenvalue weighted by atomic mass is 35.5. The van der Waals surface area contributed by atoms with E-state index in [0.29, 0.717) is 24.2 Å². The van der Waals surface area contributed by atoms with Crippen molar-refractivity contribution in [3.05, 3.63) is 59.4 Å². The molecule has 154 valence electrons. The molecule has 0 aliphatic rings. The molecule has 0 aliphatic heterocycles. The molecule has 0 fully saturated rings. The first-order valence-electron chi connectivity index (χ1n) is 8.71. The second-order valence-electron chi connectivity index (χ2n) is 6.10. The second-order valence-corrected chi connectivity index (χ2v) is 7.78. The normalized spacial score (nSPS) is 10.8. The first kappa shape index (κ1) is 23.9. The zero-order valence-electron chi connectivity index (χ0n) is 15.8. The van der Waals surface area contributed by atoms with Crippen molar-refractivity contribution in [1.29, 1.82) is 0 Å². The van der Waals surface area contributed by atoms with Crippen LogP contribution in [0, 0.1) is 12.7 Å². The Morgan fingerprint density at radius 3 is 2.36 bits per heavy atom. The van der Waals surface area contributed by atoms with E-state index < -0.39 is 15.8 Å². The molecule has 3 N–H and O–H groups in total. The fourth-order valence-electron chi connectivity index (χ4n) is 2.41. The molecule has 0 bridgehead atoms. The highest BCUT2D eigenvalue weighted by Crippen LogP contribution is 2.19. The van der Waals surface area contributed by atoms with Gasteiger partial charge in [-0.3, -0.25) is 9.52 Å². The van der Waals surface area contributed by atoms with Crippen LogP contribution in [0.5, 0.6) is 0 Å². The molecule has 0 heterocycles. The maximum absolute atomic E-state index is 13.0. The molecule has 0 saturated heterocycles. The average Bonchev–Trinajstić information content (AvgIpc) is 2.63. The molecule has 2 rings (SSSR count). The van der Waals surface area contributed by atoms with Crippen LogP contribution in [-0.2, 0) is 10.0 Å².